The van der Waals surface area contributed by atoms with Crippen molar-refractivity contribution in [3.63, 3.8) is 0 Å². The fourth-order valence-electron chi connectivity index (χ4n) is 3.17. The van der Waals surface area contributed by atoms with Crippen LogP contribution < -0.4 is 0 Å². The molecule has 0 bridgehead atoms. The molecule has 0 saturated carbocycles. The third kappa shape index (κ3) is 4.42. The maximum Gasteiger partial charge on any atom is 0.243 e. The maximum absolute atomic E-state index is 13.1. The first-order valence-corrected chi connectivity index (χ1v) is 11.7. The zero-order valence-electron chi connectivity index (χ0n) is 15.9. The highest BCUT2D eigenvalue weighted by molar-refractivity contribution is 7.89. The molecule has 0 atom stereocenters. The molecule has 4 rings (SSSR count). The minimum absolute atomic E-state index is 0.0431. The largest absolute Gasteiger partial charge is 0.340 e. The smallest absolute Gasteiger partial charge is 0.243 e. The van der Waals surface area contributed by atoms with Crippen molar-refractivity contribution in [2.24, 2.45) is 0 Å². The predicted octanol–water partition coefficient (Wildman–Crippen LogP) is 2.40. The molecular weight excluding hydrogens is 431 g/mol. The Balaban J connectivity index is 1.29. The molecule has 1 fully saturated rings. The lowest BCUT2D eigenvalue weighted by Crippen LogP contribution is -2.50. The predicted molar refractivity (Wildman–Crippen MR) is 108 cm³/mol. The second-order valence-electron chi connectivity index (χ2n) is 6.76. The Morgan fingerprint density at radius 1 is 1.13 bits per heavy atom. The minimum Gasteiger partial charge on any atom is -0.340 e. The Hall–Kier alpha value is -2.63. The number of sulfonamides is 1. The van der Waals surface area contributed by atoms with E-state index in [0.717, 1.165) is 17.7 Å². The summed E-state index contributed by atoms with van der Waals surface area (Å²) >= 11 is 1.54. The number of aromatic nitrogens is 2. The van der Waals surface area contributed by atoms with E-state index < -0.39 is 15.8 Å². The maximum atomic E-state index is 13.1. The Bertz CT molecular complexity index is 1110. The SMILES string of the molecule is O=C(CCc1nc(-c2ccsc2)no1)N1CCN(S(=O)(=O)c2ccc(F)cc2)CC1. The summed E-state index contributed by atoms with van der Waals surface area (Å²) in [6.07, 6.45) is 0.528. The third-order valence-electron chi connectivity index (χ3n) is 4.84. The van der Waals surface area contributed by atoms with Crippen LogP contribution in [0, 0.1) is 5.82 Å². The Morgan fingerprint density at radius 2 is 1.87 bits per heavy atom. The van der Waals surface area contributed by atoms with Crippen LogP contribution in [0.25, 0.3) is 11.4 Å². The van der Waals surface area contributed by atoms with Crippen LogP contribution in [0.4, 0.5) is 4.39 Å². The molecule has 158 valence electrons. The van der Waals surface area contributed by atoms with Crippen LogP contribution in [0.3, 0.4) is 0 Å². The molecule has 1 aliphatic rings. The van der Waals surface area contributed by atoms with Crippen molar-refractivity contribution in [1.29, 1.82) is 0 Å². The number of hydrogen-bond acceptors (Lipinski definition) is 7. The number of hydrogen-bond donors (Lipinski definition) is 0. The van der Waals surface area contributed by atoms with Crippen molar-refractivity contribution in [1.82, 2.24) is 19.3 Å². The molecule has 0 N–H and O–H groups in total. The van der Waals surface area contributed by atoms with Crippen LogP contribution in [-0.4, -0.2) is 59.8 Å². The quantitative estimate of drug-likeness (QED) is 0.572. The molecule has 1 amide bonds. The van der Waals surface area contributed by atoms with Crippen LogP contribution in [0.15, 0.2) is 50.5 Å². The standard InChI is InChI=1S/C19H19FN4O4S2/c20-15-1-3-16(4-2-15)30(26,27)24-10-8-23(9-11-24)18(25)6-5-17-21-19(22-28-17)14-7-12-29-13-14/h1-4,7,12-13H,5-6,8-11H2. The number of carbonyl (C=O) groups is 1. The lowest BCUT2D eigenvalue weighted by atomic mass is 10.2. The van der Waals surface area contributed by atoms with Crippen molar-refractivity contribution in [2.75, 3.05) is 26.2 Å². The van der Waals surface area contributed by atoms with Crippen LogP contribution in [0.2, 0.25) is 0 Å². The Kier molecular flexibility index (Phi) is 5.93. The van der Waals surface area contributed by atoms with E-state index in [4.69, 9.17) is 4.52 Å². The molecule has 1 aromatic carbocycles. The summed E-state index contributed by atoms with van der Waals surface area (Å²) in [6, 6.07) is 6.62. The van der Waals surface area contributed by atoms with Gasteiger partial charge in [-0.05, 0) is 35.7 Å². The van der Waals surface area contributed by atoms with Crippen LogP contribution in [0.1, 0.15) is 12.3 Å². The zero-order chi connectivity index (χ0) is 21.1. The number of carbonyl (C=O) groups excluding carboxylic acids is 1. The molecule has 30 heavy (non-hydrogen) atoms. The molecule has 3 heterocycles. The number of amides is 1. The molecule has 1 saturated heterocycles. The van der Waals surface area contributed by atoms with E-state index in [2.05, 4.69) is 10.1 Å². The molecule has 3 aromatic rings. The first-order chi connectivity index (χ1) is 14.4. The van der Waals surface area contributed by atoms with Crippen molar-refractivity contribution in [2.45, 2.75) is 17.7 Å². The average Bonchev–Trinajstić information content (AvgIpc) is 3.44. The Labute approximate surface area is 177 Å². The summed E-state index contributed by atoms with van der Waals surface area (Å²) in [6.45, 7) is 0.967. The lowest BCUT2D eigenvalue weighted by Gasteiger charge is -2.34. The van der Waals surface area contributed by atoms with Gasteiger partial charge < -0.3 is 9.42 Å². The fourth-order valence-corrected chi connectivity index (χ4v) is 5.23. The van der Waals surface area contributed by atoms with E-state index in [9.17, 15) is 17.6 Å². The van der Waals surface area contributed by atoms with Gasteiger partial charge in [-0.15, -0.1) is 0 Å². The van der Waals surface area contributed by atoms with Gasteiger partial charge in [0.05, 0.1) is 4.90 Å². The molecule has 0 radical (unpaired) electrons. The summed E-state index contributed by atoms with van der Waals surface area (Å²) in [5.74, 6) is 0.303. The van der Waals surface area contributed by atoms with Gasteiger partial charge in [-0.2, -0.15) is 20.6 Å². The Morgan fingerprint density at radius 3 is 2.53 bits per heavy atom. The van der Waals surface area contributed by atoms with Gasteiger partial charge in [0.1, 0.15) is 5.82 Å². The molecular formula is C19H19FN4O4S2. The van der Waals surface area contributed by atoms with Crippen molar-refractivity contribution < 1.29 is 22.1 Å². The van der Waals surface area contributed by atoms with Crippen LogP contribution in [0.5, 0.6) is 0 Å². The minimum atomic E-state index is -3.71. The van der Waals surface area contributed by atoms with Gasteiger partial charge in [0, 0.05) is 50.0 Å². The van der Waals surface area contributed by atoms with E-state index in [1.807, 2.05) is 16.8 Å². The summed E-state index contributed by atoms with van der Waals surface area (Å²) in [5, 5.41) is 7.76. The lowest BCUT2D eigenvalue weighted by molar-refractivity contribution is -0.132. The summed E-state index contributed by atoms with van der Waals surface area (Å²) in [7, 11) is -3.71. The summed E-state index contributed by atoms with van der Waals surface area (Å²) in [4.78, 5) is 18.5. The molecule has 2 aromatic heterocycles. The summed E-state index contributed by atoms with van der Waals surface area (Å²) in [5.41, 5.74) is 0.875. The van der Waals surface area contributed by atoms with Gasteiger partial charge >= 0.3 is 0 Å². The number of thiophene rings is 1. The molecule has 8 nitrogen and oxygen atoms in total. The first kappa shape index (κ1) is 20.6. The average molecular weight is 451 g/mol. The van der Waals surface area contributed by atoms with Crippen LogP contribution in [-0.2, 0) is 21.2 Å². The van der Waals surface area contributed by atoms with Gasteiger partial charge in [-0.25, -0.2) is 12.8 Å². The molecule has 1 aliphatic heterocycles. The fraction of sp³-hybridized carbons (Fsp3) is 0.316. The van der Waals surface area contributed by atoms with Gasteiger partial charge in [0.25, 0.3) is 0 Å². The van der Waals surface area contributed by atoms with Crippen LogP contribution >= 0.6 is 11.3 Å². The molecule has 0 aliphatic carbocycles. The van der Waals surface area contributed by atoms with Crippen molar-refractivity contribution in [3.8, 4) is 11.4 Å². The van der Waals surface area contributed by atoms with E-state index in [0.29, 0.717) is 31.2 Å². The van der Waals surface area contributed by atoms with Gasteiger partial charge in [-0.1, -0.05) is 5.16 Å². The third-order valence-corrected chi connectivity index (χ3v) is 7.44. The van der Waals surface area contributed by atoms with Crippen molar-refractivity contribution >= 4 is 27.3 Å². The first-order valence-electron chi connectivity index (χ1n) is 9.32. The number of nitrogens with zero attached hydrogens (tertiary/aromatic N) is 4. The highest BCUT2D eigenvalue weighted by Gasteiger charge is 2.30. The summed E-state index contributed by atoms with van der Waals surface area (Å²) < 4.78 is 44.9. The normalized spacial score (nSPS) is 15.4. The van der Waals surface area contributed by atoms with Gasteiger partial charge in [0.2, 0.25) is 27.6 Å². The number of halogens is 1. The molecule has 0 spiro atoms. The number of piperazine rings is 1. The second kappa shape index (κ2) is 8.62. The van der Waals surface area contributed by atoms with Gasteiger partial charge in [0.15, 0.2) is 0 Å². The zero-order valence-corrected chi connectivity index (χ0v) is 17.5. The highest BCUT2D eigenvalue weighted by atomic mass is 32.2. The van der Waals surface area contributed by atoms with Gasteiger partial charge in [-0.3, -0.25) is 4.79 Å². The topological polar surface area (TPSA) is 96.6 Å². The van der Waals surface area contributed by atoms with E-state index in [1.165, 1.54) is 27.8 Å². The second-order valence-corrected chi connectivity index (χ2v) is 9.48. The highest BCUT2D eigenvalue weighted by Crippen LogP contribution is 2.20. The monoisotopic (exact) mass is 450 g/mol. The van der Waals surface area contributed by atoms with E-state index in [-0.39, 0.29) is 30.3 Å². The molecule has 11 heteroatoms. The van der Waals surface area contributed by atoms with Crippen molar-refractivity contribution in [3.05, 3.63) is 52.8 Å². The van der Waals surface area contributed by atoms with E-state index in [1.54, 1.807) is 4.90 Å². The molecule has 0 unspecified atom stereocenters. The van der Waals surface area contributed by atoms with E-state index >= 15 is 0 Å². The number of benzene rings is 1. The number of aryl methyl sites for hydroxylation is 1. The number of rotatable bonds is 6.